The molecule has 6 rings (SSSR count). The van der Waals surface area contributed by atoms with Crippen molar-refractivity contribution in [2.75, 3.05) is 39.5 Å². The lowest BCUT2D eigenvalue weighted by Gasteiger charge is -2.39. The van der Waals surface area contributed by atoms with E-state index in [9.17, 15) is 27.0 Å². The van der Waals surface area contributed by atoms with Crippen LogP contribution in [0, 0.1) is 0 Å². The predicted octanol–water partition coefficient (Wildman–Crippen LogP) is 2.27. The number of aromatic nitrogens is 1. The Bertz CT molecular complexity index is 1700. The molecule has 3 N–H and O–H groups in total. The summed E-state index contributed by atoms with van der Waals surface area (Å²) < 4.78 is 65.1. The molecule has 3 aliphatic rings. The molecule has 13 heteroatoms. The van der Waals surface area contributed by atoms with Gasteiger partial charge in [-0.3, -0.25) is 4.98 Å². The van der Waals surface area contributed by atoms with Crippen molar-refractivity contribution in [3.63, 3.8) is 0 Å². The standard InChI is InChI=1S/C31H39N3O8S2/c35-22-31(9-4-10-31)43(37,38)27-7-3-6-26(16-27)41-21-25(36)18-32-24-17-30(42-20-24)11-13-34(14-12-30)44(39,40)28-15-23-5-1-2-8-29(23)33-19-28/h1-3,5-8,15-16,19,24-25,32,35-36H,4,9-14,17-18,20-22H2. The third kappa shape index (κ3) is 5.98. The van der Waals surface area contributed by atoms with Crippen LogP contribution in [-0.2, 0) is 24.6 Å². The molecule has 2 unspecified atom stereocenters. The van der Waals surface area contributed by atoms with E-state index >= 15 is 0 Å². The van der Waals surface area contributed by atoms with Crippen molar-refractivity contribution < 1.29 is 36.5 Å². The van der Waals surface area contributed by atoms with E-state index < -0.39 is 42.9 Å². The Kier molecular flexibility index (Phi) is 8.74. The minimum atomic E-state index is -3.70. The van der Waals surface area contributed by atoms with Crippen LogP contribution in [0.5, 0.6) is 5.75 Å². The Hall–Kier alpha value is -2.65. The predicted molar refractivity (Wildman–Crippen MR) is 164 cm³/mol. The highest BCUT2D eigenvalue weighted by Crippen LogP contribution is 2.43. The molecule has 1 aliphatic carbocycles. The molecule has 2 atom stereocenters. The van der Waals surface area contributed by atoms with Gasteiger partial charge in [-0.15, -0.1) is 0 Å². The van der Waals surface area contributed by atoms with Gasteiger partial charge in [-0.2, -0.15) is 4.31 Å². The van der Waals surface area contributed by atoms with Crippen molar-refractivity contribution in [3.05, 3.63) is 60.8 Å². The van der Waals surface area contributed by atoms with Crippen LogP contribution in [-0.4, -0.2) is 98.3 Å². The summed E-state index contributed by atoms with van der Waals surface area (Å²) in [6.07, 6.45) is 4.09. The topological polar surface area (TPSA) is 155 Å². The van der Waals surface area contributed by atoms with Crippen LogP contribution in [0.4, 0.5) is 0 Å². The van der Waals surface area contributed by atoms with Crippen LogP contribution in [0.15, 0.2) is 70.6 Å². The molecule has 3 aromatic rings. The number of pyridine rings is 1. The van der Waals surface area contributed by atoms with Crippen molar-refractivity contribution in [3.8, 4) is 5.75 Å². The SMILES string of the molecule is O=S(=O)(c1cnc2ccccc2c1)N1CCC2(CC1)CC(NCC(O)COc1cccc(S(=O)(=O)C3(CO)CCC3)c1)CO2. The molecule has 1 spiro atoms. The average Bonchev–Trinajstić information content (AvgIpc) is 3.40. The summed E-state index contributed by atoms with van der Waals surface area (Å²) in [6, 6.07) is 15.3. The van der Waals surface area contributed by atoms with E-state index in [1.807, 2.05) is 24.3 Å². The van der Waals surface area contributed by atoms with Gasteiger partial charge >= 0.3 is 0 Å². The highest BCUT2D eigenvalue weighted by Gasteiger charge is 2.49. The first-order valence-electron chi connectivity index (χ1n) is 15.0. The normalized spacial score (nSPS) is 22.5. The van der Waals surface area contributed by atoms with Crippen molar-refractivity contribution in [2.45, 2.75) is 70.8 Å². The van der Waals surface area contributed by atoms with E-state index in [2.05, 4.69) is 10.3 Å². The van der Waals surface area contributed by atoms with Crippen molar-refractivity contribution >= 4 is 30.8 Å². The number of nitrogens with zero attached hydrogens (tertiary/aromatic N) is 2. The van der Waals surface area contributed by atoms with Gasteiger partial charge in [0.2, 0.25) is 10.0 Å². The van der Waals surface area contributed by atoms with Crippen LogP contribution >= 0.6 is 0 Å². The van der Waals surface area contributed by atoms with Crippen molar-refractivity contribution in [2.24, 2.45) is 0 Å². The fourth-order valence-electron chi connectivity index (χ4n) is 6.42. The first-order valence-corrected chi connectivity index (χ1v) is 18.0. The van der Waals surface area contributed by atoms with E-state index in [1.54, 1.807) is 18.2 Å². The summed E-state index contributed by atoms with van der Waals surface area (Å²) in [7, 11) is -7.38. The molecule has 0 radical (unpaired) electrons. The van der Waals surface area contributed by atoms with Gasteiger partial charge in [0.25, 0.3) is 0 Å². The molecule has 0 amide bonds. The number of para-hydroxylation sites is 1. The van der Waals surface area contributed by atoms with Gasteiger partial charge in [0.1, 0.15) is 23.4 Å². The largest absolute Gasteiger partial charge is 0.491 e. The molecule has 1 aromatic heterocycles. The summed E-state index contributed by atoms with van der Waals surface area (Å²) in [6.45, 7) is 0.986. The third-order valence-electron chi connectivity index (χ3n) is 9.37. The number of aliphatic hydroxyl groups excluding tert-OH is 2. The number of sulfone groups is 1. The highest BCUT2D eigenvalue weighted by atomic mass is 32.2. The van der Waals surface area contributed by atoms with Crippen LogP contribution in [0.1, 0.15) is 38.5 Å². The Balaban J connectivity index is 0.972. The van der Waals surface area contributed by atoms with E-state index in [0.717, 1.165) is 17.3 Å². The van der Waals surface area contributed by atoms with E-state index in [-0.39, 0.29) is 29.0 Å². The molecule has 3 heterocycles. The van der Waals surface area contributed by atoms with Gasteiger partial charge in [-0.05, 0) is 62.4 Å². The summed E-state index contributed by atoms with van der Waals surface area (Å²) in [5, 5.41) is 24.4. The van der Waals surface area contributed by atoms with Gasteiger partial charge in [-0.25, -0.2) is 16.8 Å². The zero-order valence-electron chi connectivity index (χ0n) is 24.5. The fraction of sp³-hybridized carbons (Fsp3) is 0.516. The van der Waals surface area contributed by atoms with E-state index in [4.69, 9.17) is 9.47 Å². The molecule has 1 saturated carbocycles. The Labute approximate surface area is 258 Å². The number of hydrogen-bond donors (Lipinski definition) is 3. The van der Waals surface area contributed by atoms with Crippen molar-refractivity contribution in [1.82, 2.24) is 14.6 Å². The molecule has 0 bridgehead atoms. The first kappa shape index (κ1) is 31.3. The maximum atomic E-state index is 13.3. The molecule has 2 aliphatic heterocycles. The number of aliphatic hydroxyl groups is 2. The number of nitrogens with one attached hydrogen (secondary N) is 1. The second-order valence-corrected chi connectivity index (χ2v) is 16.5. The average molecular weight is 646 g/mol. The zero-order chi connectivity index (χ0) is 31.0. The number of ether oxygens (including phenoxy) is 2. The minimum Gasteiger partial charge on any atom is -0.491 e. The molecular formula is C31H39N3O8S2. The summed E-state index contributed by atoms with van der Waals surface area (Å²) in [5.74, 6) is 0.335. The Morgan fingerprint density at radius 1 is 1.02 bits per heavy atom. The molecule has 44 heavy (non-hydrogen) atoms. The smallest absolute Gasteiger partial charge is 0.244 e. The molecular weight excluding hydrogens is 606 g/mol. The zero-order valence-corrected chi connectivity index (χ0v) is 26.1. The van der Waals surface area contributed by atoms with Gasteiger partial charge in [-0.1, -0.05) is 30.7 Å². The Morgan fingerprint density at radius 2 is 1.80 bits per heavy atom. The van der Waals surface area contributed by atoms with Crippen LogP contribution in [0.3, 0.4) is 0 Å². The number of fused-ring (bicyclic) bond motifs is 1. The Morgan fingerprint density at radius 3 is 2.52 bits per heavy atom. The van der Waals surface area contributed by atoms with E-state index in [1.165, 1.54) is 22.6 Å². The molecule has 238 valence electrons. The van der Waals surface area contributed by atoms with Crippen LogP contribution in [0.25, 0.3) is 10.9 Å². The van der Waals surface area contributed by atoms with Crippen LogP contribution < -0.4 is 10.1 Å². The minimum absolute atomic E-state index is 0.00288. The van der Waals surface area contributed by atoms with Crippen molar-refractivity contribution in [1.29, 1.82) is 0 Å². The summed E-state index contributed by atoms with van der Waals surface area (Å²) in [5.41, 5.74) is 0.338. The highest BCUT2D eigenvalue weighted by molar-refractivity contribution is 7.93. The summed E-state index contributed by atoms with van der Waals surface area (Å²) >= 11 is 0. The van der Waals surface area contributed by atoms with Gasteiger partial charge < -0.3 is 25.0 Å². The number of hydrogen-bond acceptors (Lipinski definition) is 10. The van der Waals surface area contributed by atoms with Gasteiger partial charge in [0, 0.05) is 37.3 Å². The molecule has 2 saturated heterocycles. The maximum absolute atomic E-state index is 13.3. The van der Waals surface area contributed by atoms with E-state index in [0.29, 0.717) is 57.6 Å². The van der Waals surface area contributed by atoms with Gasteiger partial charge in [0.05, 0.1) is 34.0 Å². The lowest BCUT2D eigenvalue weighted by Crippen LogP contribution is -2.48. The lowest BCUT2D eigenvalue weighted by molar-refractivity contribution is -0.0312. The number of piperidine rings is 1. The maximum Gasteiger partial charge on any atom is 0.244 e. The summed E-state index contributed by atoms with van der Waals surface area (Å²) in [4.78, 5) is 4.62. The fourth-order valence-corrected chi connectivity index (χ4v) is 9.87. The molecule has 11 nitrogen and oxygen atoms in total. The second kappa shape index (κ2) is 12.3. The number of rotatable bonds is 11. The second-order valence-electron chi connectivity index (χ2n) is 12.2. The lowest BCUT2D eigenvalue weighted by atomic mass is 9.85. The monoisotopic (exact) mass is 645 g/mol. The molecule has 3 fully saturated rings. The third-order valence-corrected chi connectivity index (χ3v) is 13.8. The first-order chi connectivity index (χ1) is 21.1. The molecule has 2 aromatic carbocycles. The number of benzene rings is 2. The van der Waals surface area contributed by atoms with Gasteiger partial charge in [0.15, 0.2) is 9.84 Å². The number of sulfonamides is 1. The quantitative estimate of drug-likeness (QED) is 0.283. The van der Waals surface area contributed by atoms with Crippen LogP contribution in [0.2, 0.25) is 0 Å².